The number of halogens is 2. The van der Waals surface area contributed by atoms with E-state index >= 15 is 0 Å². The van der Waals surface area contributed by atoms with Crippen LogP contribution in [-0.4, -0.2) is 55.6 Å². The molecule has 29 heavy (non-hydrogen) atoms. The van der Waals surface area contributed by atoms with Gasteiger partial charge >= 0.3 is 0 Å². The second-order valence-corrected chi connectivity index (χ2v) is 7.88. The zero-order valence-corrected chi connectivity index (χ0v) is 18.5. The number of nitrogens with two attached hydrogens (primary N) is 1. The molecule has 162 valence electrons. The molecule has 2 aliphatic rings. The fraction of sp³-hybridized carbons (Fsp3) is 0.545. The molecule has 1 aliphatic carbocycles. The molecule has 1 spiro atoms. The van der Waals surface area contributed by atoms with E-state index in [0.29, 0.717) is 13.2 Å². The number of aliphatic hydroxyl groups is 1. The second kappa shape index (κ2) is 10.3. The van der Waals surface area contributed by atoms with Crippen LogP contribution in [0, 0.1) is 5.41 Å². The molecule has 0 radical (unpaired) electrons. The van der Waals surface area contributed by atoms with Crippen molar-refractivity contribution in [3.8, 4) is 5.75 Å². The monoisotopic (exact) mass is 442 g/mol. The van der Waals surface area contributed by atoms with E-state index in [1.54, 1.807) is 7.11 Å². The molecule has 5 nitrogen and oxygen atoms in total. The molecule has 1 saturated heterocycles. The normalized spacial score (nSPS) is 23.1. The fourth-order valence-electron chi connectivity index (χ4n) is 4.85. The third-order valence-electron chi connectivity index (χ3n) is 6.57. The van der Waals surface area contributed by atoms with Crippen molar-refractivity contribution >= 4 is 35.6 Å². The summed E-state index contributed by atoms with van der Waals surface area (Å²) >= 11 is 0. The van der Waals surface area contributed by atoms with E-state index in [-0.39, 0.29) is 42.4 Å². The molecule has 0 bridgehead atoms. The van der Waals surface area contributed by atoms with Gasteiger partial charge in [-0.3, -0.25) is 4.90 Å². The maximum atomic E-state index is 10.4. The number of methoxy groups -OCH3 is 1. The van der Waals surface area contributed by atoms with Crippen LogP contribution in [0.15, 0.2) is 36.4 Å². The number of benzene rings is 2. The number of nitrogens with zero attached hydrogens (tertiary/aromatic N) is 1. The molecule has 2 aromatic rings. The number of piperidine rings is 1. The van der Waals surface area contributed by atoms with Crippen LogP contribution >= 0.6 is 24.8 Å². The summed E-state index contributed by atoms with van der Waals surface area (Å²) in [5, 5.41) is 12.9. The average molecular weight is 443 g/mol. The van der Waals surface area contributed by atoms with Crippen molar-refractivity contribution in [1.82, 2.24) is 4.90 Å². The summed E-state index contributed by atoms with van der Waals surface area (Å²) in [6.07, 6.45) is 2.60. The minimum absolute atomic E-state index is 0. The van der Waals surface area contributed by atoms with Gasteiger partial charge in [-0.05, 0) is 42.8 Å². The Balaban J connectivity index is 0.00000150. The lowest BCUT2D eigenvalue weighted by Crippen LogP contribution is -2.62. The highest BCUT2D eigenvalue weighted by atomic mass is 35.5. The summed E-state index contributed by atoms with van der Waals surface area (Å²) in [5.74, 6) is 0.946. The summed E-state index contributed by atoms with van der Waals surface area (Å²) in [7, 11) is 1.74. The number of fused-ring (bicyclic) bond motifs is 1. The second-order valence-electron chi connectivity index (χ2n) is 7.88. The molecular formula is C22H32Cl2N2O3. The molecule has 7 heteroatoms. The molecule has 1 aliphatic heterocycles. The Labute approximate surface area is 185 Å². The summed E-state index contributed by atoms with van der Waals surface area (Å²) in [4.78, 5) is 2.47. The highest BCUT2D eigenvalue weighted by molar-refractivity contribution is 5.87. The molecule has 2 aromatic carbocycles. The van der Waals surface area contributed by atoms with E-state index in [1.165, 1.54) is 16.3 Å². The van der Waals surface area contributed by atoms with Crippen LogP contribution in [0.3, 0.4) is 0 Å². The van der Waals surface area contributed by atoms with Gasteiger partial charge in [-0.15, -0.1) is 24.8 Å². The topological polar surface area (TPSA) is 68.0 Å². The van der Waals surface area contributed by atoms with Crippen LogP contribution in [0.25, 0.3) is 10.8 Å². The van der Waals surface area contributed by atoms with Crippen LogP contribution < -0.4 is 10.5 Å². The van der Waals surface area contributed by atoms with E-state index < -0.39 is 0 Å². The van der Waals surface area contributed by atoms with Gasteiger partial charge in [-0.25, -0.2) is 0 Å². The highest BCUT2D eigenvalue weighted by Crippen LogP contribution is 2.51. The molecule has 2 atom stereocenters. The molecule has 0 amide bonds. The third-order valence-corrected chi connectivity index (χ3v) is 6.57. The lowest BCUT2D eigenvalue weighted by atomic mass is 9.58. The first-order valence-corrected chi connectivity index (χ1v) is 9.94. The van der Waals surface area contributed by atoms with Crippen LogP contribution in [0.5, 0.6) is 5.75 Å². The van der Waals surface area contributed by atoms with Gasteiger partial charge in [0.1, 0.15) is 5.75 Å². The zero-order chi connectivity index (χ0) is 18.9. The van der Waals surface area contributed by atoms with Crippen molar-refractivity contribution in [1.29, 1.82) is 0 Å². The first kappa shape index (κ1) is 24.2. The molecule has 4 rings (SSSR count). The van der Waals surface area contributed by atoms with Gasteiger partial charge in [0.15, 0.2) is 0 Å². The number of ether oxygens (including phenoxy) is 2. The summed E-state index contributed by atoms with van der Waals surface area (Å²) in [5.41, 5.74) is 6.75. The van der Waals surface area contributed by atoms with Crippen molar-refractivity contribution in [2.24, 2.45) is 11.1 Å². The maximum absolute atomic E-state index is 10.4. The number of hydrogen-bond acceptors (Lipinski definition) is 5. The number of likely N-dealkylation sites (tertiary alicyclic amines) is 1. The van der Waals surface area contributed by atoms with Crippen molar-refractivity contribution < 1.29 is 14.6 Å². The van der Waals surface area contributed by atoms with E-state index in [4.69, 9.17) is 15.2 Å². The molecular weight excluding hydrogens is 411 g/mol. The van der Waals surface area contributed by atoms with Crippen LogP contribution in [0.2, 0.25) is 0 Å². The summed E-state index contributed by atoms with van der Waals surface area (Å²) < 4.78 is 11.6. The third kappa shape index (κ3) is 4.50. The summed E-state index contributed by atoms with van der Waals surface area (Å²) in [6, 6.07) is 12.7. The van der Waals surface area contributed by atoms with Gasteiger partial charge in [-0.2, -0.15) is 0 Å². The summed E-state index contributed by atoms with van der Waals surface area (Å²) in [6.45, 7) is 3.91. The van der Waals surface area contributed by atoms with Crippen LogP contribution in [0.1, 0.15) is 24.8 Å². The molecule has 1 heterocycles. The lowest BCUT2D eigenvalue weighted by Gasteiger charge is -2.56. The van der Waals surface area contributed by atoms with E-state index in [2.05, 4.69) is 41.3 Å². The van der Waals surface area contributed by atoms with Crippen molar-refractivity contribution in [2.45, 2.75) is 38.0 Å². The predicted molar refractivity (Wildman–Crippen MR) is 121 cm³/mol. The number of hydrogen-bond donors (Lipinski definition) is 2. The van der Waals surface area contributed by atoms with Crippen molar-refractivity contribution in [3.05, 3.63) is 42.0 Å². The molecule has 3 N–H and O–H groups in total. The Hall–Kier alpha value is -1.08. The van der Waals surface area contributed by atoms with Gasteiger partial charge in [0.25, 0.3) is 0 Å². The lowest BCUT2D eigenvalue weighted by molar-refractivity contribution is -0.210. The largest absolute Gasteiger partial charge is 0.496 e. The van der Waals surface area contributed by atoms with Crippen molar-refractivity contribution in [2.75, 3.05) is 33.4 Å². The Morgan fingerprint density at radius 1 is 1.14 bits per heavy atom. The number of aliphatic hydroxyl groups excluding tert-OH is 1. The zero-order valence-electron chi connectivity index (χ0n) is 16.9. The maximum Gasteiger partial charge on any atom is 0.123 e. The van der Waals surface area contributed by atoms with E-state index in [1.807, 2.05) is 0 Å². The van der Waals surface area contributed by atoms with Gasteiger partial charge in [0.2, 0.25) is 0 Å². The van der Waals surface area contributed by atoms with Gasteiger partial charge in [0, 0.05) is 30.5 Å². The first-order chi connectivity index (χ1) is 13.2. The van der Waals surface area contributed by atoms with Crippen LogP contribution in [0.4, 0.5) is 0 Å². The Morgan fingerprint density at radius 2 is 1.86 bits per heavy atom. The van der Waals surface area contributed by atoms with Gasteiger partial charge in [0.05, 0.1) is 25.9 Å². The minimum Gasteiger partial charge on any atom is -0.496 e. The van der Waals surface area contributed by atoms with Crippen molar-refractivity contribution in [3.63, 3.8) is 0 Å². The van der Waals surface area contributed by atoms with Gasteiger partial charge in [-0.1, -0.05) is 30.3 Å². The Morgan fingerprint density at radius 3 is 2.52 bits per heavy atom. The Bertz CT molecular complexity index is 797. The Kier molecular flexibility index (Phi) is 8.59. The minimum atomic E-state index is -0.241. The average Bonchev–Trinajstić information content (AvgIpc) is 2.71. The standard InChI is InChI=1S/C22H30N2O3.2ClH/c1-26-19-7-6-16-4-2-3-5-17(16)18(19)15-24-11-8-22(9-12-24)20(25)14-21(22)27-13-10-23;;/h2-7,20-21,25H,8-15,23H2,1H3;2*1H/t20-,21+;;/m1../s1. The fourth-order valence-corrected chi connectivity index (χ4v) is 4.85. The molecule has 2 fully saturated rings. The molecule has 0 aromatic heterocycles. The van der Waals surface area contributed by atoms with E-state index in [9.17, 15) is 5.11 Å². The highest BCUT2D eigenvalue weighted by Gasteiger charge is 2.56. The predicted octanol–water partition coefficient (Wildman–Crippen LogP) is 3.38. The van der Waals surface area contributed by atoms with Gasteiger partial charge < -0.3 is 20.3 Å². The van der Waals surface area contributed by atoms with E-state index in [0.717, 1.165) is 44.6 Å². The molecule has 1 saturated carbocycles. The SMILES string of the molecule is COc1ccc2ccccc2c1CN1CCC2(CC1)[C@H](O)C[C@@H]2OCCN.Cl.Cl. The quantitative estimate of drug-likeness (QED) is 0.717. The smallest absolute Gasteiger partial charge is 0.123 e. The number of rotatable bonds is 6. The first-order valence-electron chi connectivity index (χ1n) is 9.94. The molecule has 0 unspecified atom stereocenters. The van der Waals surface area contributed by atoms with Crippen LogP contribution in [-0.2, 0) is 11.3 Å².